The molecule has 6 nitrogen and oxygen atoms in total. The molecule has 6 heteroatoms. The van der Waals surface area contributed by atoms with E-state index in [-0.39, 0.29) is 23.4 Å². The quantitative estimate of drug-likeness (QED) is 0.348. The van der Waals surface area contributed by atoms with Gasteiger partial charge in [0.25, 0.3) is 0 Å². The van der Waals surface area contributed by atoms with E-state index in [4.69, 9.17) is 10.7 Å². The summed E-state index contributed by atoms with van der Waals surface area (Å²) in [5, 5.41) is 3.10. The zero-order valence-electron chi connectivity index (χ0n) is 24.2. The summed E-state index contributed by atoms with van der Waals surface area (Å²) < 4.78 is 0. The van der Waals surface area contributed by atoms with Crippen molar-refractivity contribution in [2.24, 2.45) is 17.1 Å². The highest BCUT2D eigenvalue weighted by Gasteiger charge is 2.47. The minimum absolute atomic E-state index is 0.0120. The van der Waals surface area contributed by atoms with Crippen LogP contribution in [-0.2, 0) is 15.1 Å². The van der Waals surface area contributed by atoms with Gasteiger partial charge in [0.2, 0.25) is 11.8 Å². The first-order valence-corrected chi connectivity index (χ1v) is 14.5. The Morgan fingerprint density at radius 1 is 0.975 bits per heavy atom. The summed E-state index contributed by atoms with van der Waals surface area (Å²) in [6, 6.07) is 21.0. The molecule has 2 aromatic carbocycles. The van der Waals surface area contributed by atoms with Crippen LogP contribution in [-0.4, -0.2) is 34.8 Å². The first-order chi connectivity index (χ1) is 19.0. The molecule has 3 aromatic rings. The molecule has 5 rings (SSSR count). The third-order valence-corrected chi connectivity index (χ3v) is 8.91. The molecule has 0 aliphatic heterocycles. The molecule has 0 atom stereocenters. The van der Waals surface area contributed by atoms with Gasteiger partial charge >= 0.3 is 0 Å². The number of amides is 2. The molecule has 1 heterocycles. The molecule has 2 saturated carbocycles. The predicted molar refractivity (Wildman–Crippen MR) is 161 cm³/mol. The molecule has 3 N–H and O–H groups in total. The Labute approximate surface area is 238 Å². The van der Waals surface area contributed by atoms with Crippen molar-refractivity contribution in [3.05, 3.63) is 72.4 Å². The van der Waals surface area contributed by atoms with Crippen LogP contribution >= 0.6 is 0 Å². The Kier molecular flexibility index (Phi) is 7.83. The van der Waals surface area contributed by atoms with Gasteiger partial charge in [-0.05, 0) is 67.1 Å². The standard InChI is InChI=1S/C34H42N4O2/c1-23(39)38(4)29-16-10-24(11-17-29)18-31(40)37-28-19-30(25-8-6-5-7-9-25)32(36-20-28)26-12-14-27(15-13-26)34(35)21-33(2,3)22-34/h5-9,12-15,19-20,24,29H,10-11,16-18,21-22,35H2,1-4H3,(H,37,40). The van der Waals surface area contributed by atoms with Crippen molar-refractivity contribution in [2.75, 3.05) is 12.4 Å². The lowest BCUT2D eigenvalue weighted by Gasteiger charge is -2.51. The molecule has 0 spiro atoms. The van der Waals surface area contributed by atoms with Crippen LogP contribution in [0, 0.1) is 11.3 Å². The van der Waals surface area contributed by atoms with Crippen LogP contribution in [0.25, 0.3) is 22.4 Å². The second kappa shape index (κ2) is 11.2. The maximum absolute atomic E-state index is 13.0. The summed E-state index contributed by atoms with van der Waals surface area (Å²) in [5.41, 5.74) is 12.5. The van der Waals surface area contributed by atoms with Crippen molar-refractivity contribution in [2.45, 2.75) is 77.3 Å². The first-order valence-electron chi connectivity index (χ1n) is 14.5. The normalized spacial score (nSPS) is 21.2. The maximum Gasteiger partial charge on any atom is 0.224 e. The van der Waals surface area contributed by atoms with Crippen molar-refractivity contribution in [3.8, 4) is 22.4 Å². The van der Waals surface area contributed by atoms with Crippen LogP contribution in [0.5, 0.6) is 0 Å². The van der Waals surface area contributed by atoms with E-state index < -0.39 is 0 Å². The van der Waals surface area contributed by atoms with E-state index >= 15 is 0 Å². The highest BCUT2D eigenvalue weighted by Crippen LogP contribution is 2.52. The van der Waals surface area contributed by atoms with Crippen LogP contribution in [0.4, 0.5) is 5.69 Å². The van der Waals surface area contributed by atoms with Crippen LogP contribution in [0.1, 0.15) is 71.3 Å². The summed E-state index contributed by atoms with van der Waals surface area (Å²) in [7, 11) is 1.87. The molecule has 40 heavy (non-hydrogen) atoms. The van der Waals surface area contributed by atoms with E-state index in [0.29, 0.717) is 23.4 Å². The van der Waals surface area contributed by atoms with Gasteiger partial charge in [0.05, 0.1) is 17.6 Å². The van der Waals surface area contributed by atoms with Gasteiger partial charge in [-0.15, -0.1) is 0 Å². The smallest absolute Gasteiger partial charge is 0.224 e. The van der Waals surface area contributed by atoms with Crippen LogP contribution in [0.2, 0.25) is 0 Å². The number of anilines is 1. The predicted octanol–water partition coefficient (Wildman–Crippen LogP) is 6.76. The summed E-state index contributed by atoms with van der Waals surface area (Å²) >= 11 is 0. The Morgan fingerprint density at radius 2 is 1.62 bits per heavy atom. The summed E-state index contributed by atoms with van der Waals surface area (Å²) in [6.07, 6.45) is 8.02. The van der Waals surface area contributed by atoms with Crippen molar-refractivity contribution >= 4 is 17.5 Å². The molecule has 0 bridgehead atoms. The van der Waals surface area contributed by atoms with Gasteiger partial charge in [0, 0.05) is 43.1 Å². The maximum atomic E-state index is 13.0. The van der Waals surface area contributed by atoms with E-state index in [1.165, 1.54) is 5.56 Å². The number of carbonyl (C=O) groups excluding carboxylic acids is 2. The molecular weight excluding hydrogens is 496 g/mol. The van der Waals surface area contributed by atoms with E-state index in [2.05, 4.69) is 55.6 Å². The molecule has 210 valence electrons. The van der Waals surface area contributed by atoms with E-state index in [0.717, 1.165) is 60.9 Å². The topological polar surface area (TPSA) is 88.3 Å². The monoisotopic (exact) mass is 538 g/mol. The Bertz CT molecular complexity index is 1350. The number of nitrogens with two attached hydrogens (primary N) is 1. The Morgan fingerprint density at radius 3 is 2.23 bits per heavy atom. The average molecular weight is 539 g/mol. The molecule has 1 aromatic heterocycles. The fraction of sp³-hybridized carbons (Fsp3) is 0.441. The minimum Gasteiger partial charge on any atom is -0.343 e. The molecule has 2 aliphatic rings. The van der Waals surface area contributed by atoms with E-state index in [1.54, 1.807) is 13.1 Å². The number of nitrogens with one attached hydrogen (secondary N) is 1. The number of carbonyl (C=O) groups is 2. The number of aromatic nitrogens is 1. The number of rotatable bonds is 7. The average Bonchev–Trinajstić information content (AvgIpc) is 2.92. The SMILES string of the molecule is CC(=O)N(C)C1CCC(CC(=O)Nc2cnc(-c3ccc(C4(N)CC(C)(C)C4)cc3)c(-c3ccccc3)c2)CC1. The molecule has 2 fully saturated rings. The third-order valence-electron chi connectivity index (χ3n) is 8.91. The lowest BCUT2D eigenvalue weighted by Crippen LogP contribution is -2.53. The molecule has 2 amide bonds. The van der Waals surface area contributed by atoms with Gasteiger partial charge in [-0.1, -0.05) is 68.4 Å². The number of hydrogen-bond donors (Lipinski definition) is 2. The minimum atomic E-state index is -0.256. The van der Waals surface area contributed by atoms with Gasteiger partial charge < -0.3 is 16.0 Å². The second-order valence-electron chi connectivity index (χ2n) is 12.8. The third kappa shape index (κ3) is 6.12. The first kappa shape index (κ1) is 28.0. The molecule has 0 unspecified atom stereocenters. The molecule has 0 saturated heterocycles. The number of pyridine rings is 1. The Balaban J connectivity index is 1.30. The number of benzene rings is 2. The van der Waals surface area contributed by atoms with Gasteiger partial charge in [-0.25, -0.2) is 0 Å². The van der Waals surface area contributed by atoms with Gasteiger partial charge in [0.1, 0.15) is 0 Å². The Hall–Kier alpha value is -3.51. The number of nitrogens with zero attached hydrogens (tertiary/aromatic N) is 2. The summed E-state index contributed by atoms with van der Waals surface area (Å²) in [5.74, 6) is 0.453. The van der Waals surface area contributed by atoms with Crippen LogP contribution in [0.3, 0.4) is 0 Å². The zero-order chi connectivity index (χ0) is 28.5. The molecule has 0 radical (unpaired) electrons. The van der Waals surface area contributed by atoms with E-state index in [1.807, 2.05) is 36.2 Å². The largest absolute Gasteiger partial charge is 0.343 e. The lowest BCUT2D eigenvalue weighted by molar-refractivity contribution is -0.130. The highest BCUT2D eigenvalue weighted by atomic mass is 16.2. The van der Waals surface area contributed by atoms with Gasteiger partial charge in [-0.3, -0.25) is 14.6 Å². The van der Waals surface area contributed by atoms with Gasteiger partial charge in [0.15, 0.2) is 0 Å². The van der Waals surface area contributed by atoms with Crippen molar-refractivity contribution in [1.29, 1.82) is 0 Å². The van der Waals surface area contributed by atoms with Gasteiger partial charge in [-0.2, -0.15) is 0 Å². The van der Waals surface area contributed by atoms with E-state index in [9.17, 15) is 9.59 Å². The van der Waals surface area contributed by atoms with Crippen molar-refractivity contribution in [3.63, 3.8) is 0 Å². The lowest BCUT2D eigenvalue weighted by atomic mass is 9.57. The number of hydrogen-bond acceptors (Lipinski definition) is 4. The fourth-order valence-electron chi connectivity index (χ4n) is 6.89. The van der Waals surface area contributed by atoms with Crippen molar-refractivity contribution < 1.29 is 9.59 Å². The summed E-state index contributed by atoms with van der Waals surface area (Å²) in [4.78, 5) is 31.4. The summed E-state index contributed by atoms with van der Waals surface area (Å²) in [6.45, 7) is 6.15. The molecular formula is C34H42N4O2. The second-order valence-corrected chi connectivity index (χ2v) is 12.8. The molecule has 2 aliphatic carbocycles. The van der Waals surface area contributed by atoms with Crippen LogP contribution in [0.15, 0.2) is 66.9 Å². The fourth-order valence-corrected chi connectivity index (χ4v) is 6.89. The zero-order valence-corrected chi connectivity index (χ0v) is 24.2. The van der Waals surface area contributed by atoms with Crippen molar-refractivity contribution in [1.82, 2.24) is 9.88 Å². The highest BCUT2D eigenvalue weighted by molar-refractivity contribution is 5.93. The van der Waals surface area contributed by atoms with Crippen LogP contribution < -0.4 is 11.1 Å².